The van der Waals surface area contributed by atoms with E-state index in [1.54, 1.807) is 19.1 Å². The summed E-state index contributed by atoms with van der Waals surface area (Å²) in [4.78, 5) is 11.2. The van der Waals surface area contributed by atoms with Crippen LogP contribution in [0.2, 0.25) is 0 Å². The molecule has 0 fully saturated rings. The van der Waals surface area contributed by atoms with Crippen LogP contribution in [0.4, 0.5) is 0 Å². The van der Waals surface area contributed by atoms with E-state index in [-0.39, 0.29) is 13.0 Å². The zero-order valence-corrected chi connectivity index (χ0v) is 11.2. The van der Waals surface area contributed by atoms with E-state index in [1.807, 2.05) is 24.3 Å². The third-order valence-electron chi connectivity index (χ3n) is 3.05. The predicted octanol–water partition coefficient (Wildman–Crippen LogP) is 1.40. The number of hydrogen-bond acceptors (Lipinski definition) is 5. The second-order valence-corrected chi connectivity index (χ2v) is 4.50. The predicted molar refractivity (Wildman–Crippen MR) is 72.6 cm³/mol. The van der Waals surface area contributed by atoms with Crippen molar-refractivity contribution in [1.82, 2.24) is 0 Å². The third-order valence-corrected chi connectivity index (χ3v) is 3.05. The summed E-state index contributed by atoms with van der Waals surface area (Å²) in [5, 5.41) is 19.9. The number of carbonyl (C=O) groups excluding carboxylic acids is 1. The first-order valence-electron chi connectivity index (χ1n) is 6.56. The Labute approximate surface area is 117 Å². The highest BCUT2D eigenvalue weighted by atomic mass is 16.6. The molecule has 0 spiro atoms. The monoisotopic (exact) mass is 278 g/mol. The quantitative estimate of drug-likeness (QED) is 0.629. The van der Waals surface area contributed by atoms with Gasteiger partial charge in [0.2, 0.25) is 0 Å². The molecule has 1 aromatic carbocycles. The number of ether oxygens (including phenoxy) is 2. The fraction of sp³-hybridized carbons (Fsp3) is 0.400. The molecule has 0 amide bonds. The van der Waals surface area contributed by atoms with E-state index in [0.717, 1.165) is 11.1 Å². The average molecular weight is 278 g/mol. The standard InChI is InChI=1S/C15H18O5/c1-2-19-13(16)9-14(17)20-12-8-7-10-5-3-4-6-11(10)15(12)18/h3-8,12,14-15,17-18H,2,9H2,1H3/t12-,14?,15-/m1/s1. The van der Waals surface area contributed by atoms with E-state index < -0.39 is 24.5 Å². The van der Waals surface area contributed by atoms with Gasteiger partial charge in [0.05, 0.1) is 13.0 Å². The highest BCUT2D eigenvalue weighted by Crippen LogP contribution is 2.30. The molecule has 1 unspecified atom stereocenters. The number of rotatable bonds is 5. The number of esters is 1. The molecule has 108 valence electrons. The van der Waals surface area contributed by atoms with Gasteiger partial charge in [-0.15, -0.1) is 0 Å². The minimum absolute atomic E-state index is 0.255. The van der Waals surface area contributed by atoms with Crippen LogP contribution >= 0.6 is 0 Å². The van der Waals surface area contributed by atoms with Crippen molar-refractivity contribution >= 4 is 12.0 Å². The van der Waals surface area contributed by atoms with Crippen molar-refractivity contribution in [2.45, 2.75) is 31.8 Å². The molecule has 1 aromatic rings. The Morgan fingerprint density at radius 1 is 1.40 bits per heavy atom. The van der Waals surface area contributed by atoms with Gasteiger partial charge in [-0.1, -0.05) is 36.4 Å². The number of fused-ring (bicyclic) bond motifs is 1. The maximum atomic E-state index is 11.2. The Bertz CT molecular complexity index is 497. The van der Waals surface area contributed by atoms with E-state index in [0.29, 0.717) is 0 Å². The summed E-state index contributed by atoms with van der Waals surface area (Å²) in [6.07, 6.45) is 0.378. The largest absolute Gasteiger partial charge is 0.466 e. The van der Waals surface area contributed by atoms with Crippen LogP contribution in [0.15, 0.2) is 30.3 Å². The van der Waals surface area contributed by atoms with Gasteiger partial charge >= 0.3 is 5.97 Å². The second-order valence-electron chi connectivity index (χ2n) is 4.50. The van der Waals surface area contributed by atoms with Gasteiger partial charge in [-0.2, -0.15) is 0 Å². The topological polar surface area (TPSA) is 76.0 Å². The average Bonchev–Trinajstić information content (AvgIpc) is 2.42. The summed E-state index contributed by atoms with van der Waals surface area (Å²) in [5.41, 5.74) is 1.66. The summed E-state index contributed by atoms with van der Waals surface area (Å²) in [7, 11) is 0. The Morgan fingerprint density at radius 2 is 2.15 bits per heavy atom. The number of hydrogen-bond donors (Lipinski definition) is 2. The van der Waals surface area contributed by atoms with E-state index >= 15 is 0 Å². The molecule has 0 bridgehead atoms. The summed E-state index contributed by atoms with van der Waals surface area (Å²) in [6.45, 7) is 1.95. The Morgan fingerprint density at radius 3 is 2.90 bits per heavy atom. The molecule has 0 aromatic heterocycles. The lowest BCUT2D eigenvalue weighted by Crippen LogP contribution is -2.30. The number of aliphatic hydroxyl groups is 2. The molecule has 5 nitrogen and oxygen atoms in total. The first-order chi connectivity index (χ1) is 9.61. The van der Waals surface area contributed by atoms with Crippen molar-refractivity contribution in [1.29, 1.82) is 0 Å². The van der Waals surface area contributed by atoms with Crippen LogP contribution in [0.1, 0.15) is 30.6 Å². The number of aliphatic hydroxyl groups excluding tert-OH is 2. The van der Waals surface area contributed by atoms with Crippen molar-refractivity contribution in [2.75, 3.05) is 6.61 Å². The fourth-order valence-corrected chi connectivity index (χ4v) is 2.12. The van der Waals surface area contributed by atoms with Gasteiger partial charge in [0, 0.05) is 0 Å². The van der Waals surface area contributed by atoms with Gasteiger partial charge in [0.15, 0.2) is 6.29 Å². The Hall–Kier alpha value is -1.69. The first kappa shape index (κ1) is 14.7. The lowest BCUT2D eigenvalue weighted by atomic mass is 9.93. The lowest BCUT2D eigenvalue weighted by Gasteiger charge is -2.27. The molecular formula is C15H18O5. The molecular weight excluding hydrogens is 260 g/mol. The van der Waals surface area contributed by atoms with Crippen LogP contribution in [-0.4, -0.2) is 35.2 Å². The van der Waals surface area contributed by atoms with E-state index in [4.69, 9.17) is 9.47 Å². The molecule has 1 aliphatic carbocycles. The van der Waals surface area contributed by atoms with Crippen LogP contribution in [0.25, 0.3) is 6.08 Å². The molecule has 5 heteroatoms. The molecule has 0 heterocycles. The van der Waals surface area contributed by atoms with Gasteiger partial charge in [-0.3, -0.25) is 4.79 Å². The molecule has 2 rings (SSSR count). The molecule has 20 heavy (non-hydrogen) atoms. The Balaban J connectivity index is 1.97. The molecule has 3 atom stereocenters. The van der Waals surface area contributed by atoms with E-state index in [1.165, 1.54) is 0 Å². The van der Waals surface area contributed by atoms with Crippen LogP contribution < -0.4 is 0 Å². The van der Waals surface area contributed by atoms with Crippen LogP contribution in [-0.2, 0) is 14.3 Å². The summed E-state index contributed by atoms with van der Waals surface area (Å²) in [6, 6.07) is 7.40. The summed E-state index contributed by atoms with van der Waals surface area (Å²) >= 11 is 0. The zero-order chi connectivity index (χ0) is 14.5. The molecule has 0 radical (unpaired) electrons. The first-order valence-corrected chi connectivity index (χ1v) is 6.56. The smallest absolute Gasteiger partial charge is 0.310 e. The molecule has 0 aliphatic heterocycles. The van der Waals surface area contributed by atoms with Crippen LogP contribution in [0.3, 0.4) is 0 Å². The molecule has 0 saturated heterocycles. The number of benzene rings is 1. The second kappa shape index (κ2) is 6.65. The maximum absolute atomic E-state index is 11.2. The highest BCUT2D eigenvalue weighted by Gasteiger charge is 2.27. The van der Waals surface area contributed by atoms with Crippen molar-refractivity contribution in [2.24, 2.45) is 0 Å². The highest BCUT2D eigenvalue weighted by molar-refractivity contribution is 5.69. The molecule has 2 N–H and O–H groups in total. The summed E-state index contributed by atoms with van der Waals surface area (Å²) < 4.78 is 10.0. The van der Waals surface area contributed by atoms with Gasteiger partial charge in [0.1, 0.15) is 12.2 Å². The van der Waals surface area contributed by atoms with Crippen molar-refractivity contribution in [3.63, 3.8) is 0 Å². The SMILES string of the molecule is CCOC(=O)CC(O)O[C@@H]1C=Cc2ccccc2[C@H]1O. The fourth-order valence-electron chi connectivity index (χ4n) is 2.12. The van der Waals surface area contributed by atoms with Crippen molar-refractivity contribution < 1.29 is 24.5 Å². The Kier molecular flexibility index (Phi) is 4.89. The minimum Gasteiger partial charge on any atom is -0.466 e. The normalized spacial score (nSPS) is 22.1. The van der Waals surface area contributed by atoms with Gasteiger partial charge in [0.25, 0.3) is 0 Å². The molecule has 0 saturated carbocycles. The van der Waals surface area contributed by atoms with Gasteiger partial charge in [-0.25, -0.2) is 0 Å². The number of carbonyl (C=O) groups is 1. The van der Waals surface area contributed by atoms with E-state index in [2.05, 4.69) is 0 Å². The lowest BCUT2D eigenvalue weighted by molar-refractivity contribution is -0.173. The van der Waals surface area contributed by atoms with Crippen molar-refractivity contribution in [3.05, 3.63) is 41.5 Å². The maximum Gasteiger partial charge on any atom is 0.310 e. The van der Waals surface area contributed by atoms with E-state index in [9.17, 15) is 15.0 Å². The zero-order valence-electron chi connectivity index (χ0n) is 11.2. The third kappa shape index (κ3) is 3.45. The van der Waals surface area contributed by atoms with Gasteiger partial charge in [-0.05, 0) is 18.1 Å². The van der Waals surface area contributed by atoms with Crippen molar-refractivity contribution in [3.8, 4) is 0 Å². The summed E-state index contributed by atoms with van der Waals surface area (Å²) in [5.74, 6) is -0.533. The molecule has 1 aliphatic rings. The van der Waals surface area contributed by atoms with Crippen LogP contribution in [0, 0.1) is 0 Å². The van der Waals surface area contributed by atoms with Crippen LogP contribution in [0.5, 0.6) is 0 Å². The minimum atomic E-state index is -1.30. The van der Waals surface area contributed by atoms with Gasteiger partial charge < -0.3 is 19.7 Å².